The van der Waals surface area contributed by atoms with Crippen molar-refractivity contribution < 1.29 is 9.18 Å². The first-order valence-corrected chi connectivity index (χ1v) is 13.3. The van der Waals surface area contributed by atoms with Crippen LogP contribution in [0.15, 0.2) is 77.6 Å². The summed E-state index contributed by atoms with van der Waals surface area (Å²) in [6, 6.07) is 14.2. The molecule has 1 saturated carbocycles. The second-order valence-electron chi connectivity index (χ2n) is 10.7. The van der Waals surface area contributed by atoms with Gasteiger partial charge in [-0.2, -0.15) is 0 Å². The van der Waals surface area contributed by atoms with Crippen molar-refractivity contribution in [2.45, 2.75) is 58.4 Å². The number of benzene rings is 2. The fourth-order valence-corrected chi connectivity index (χ4v) is 6.25. The molecule has 1 amide bonds. The largest absolute Gasteiger partial charge is 0.361 e. The molecule has 5 rings (SSSR count). The van der Waals surface area contributed by atoms with Crippen LogP contribution in [0, 0.1) is 22.6 Å². The van der Waals surface area contributed by atoms with Gasteiger partial charge in [-0.1, -0.05) is 31.9 Å². The molecule has 1 aromatic heterocycles. The normalized spacial score (nSPS) is 21.9. The number of nitrogens with one attached hydrogen (secondary N) is 4. The van der Waals surface area contributed by atoms with Crippen LogP contribution in [-0.2, 0) is 0 Å². The second kappa shape index (κ2) is 10.4. The molecule has 5 nitrogen and oxygen atoms in total. The molecule has 2 aromatic carbocycles. The smallest absolute Gasteiger partial charge is 0.252 e. The number of halogens is 1. The molecule has 2 aliphatic rings. The van der Waals surface area contributed by atoms with Crippen molar-refractivity contribution in [3.05, 3.63) is 89.0 Å². The Kier molecular flexibility index (Phi) is 7.00. The first-order valence-electron chi connectivity index (χ1n) is 13.3. The van der Waals surface area contributed by atoms with E-state index >= 15 is 0 Å². The van der Waals surface area contributed by atoms with E-state index in [1.807, 2.05) is 30.5 Å². The first kappa shape index (κ1) is 25.0. The Bertz CT molecular complexity index is 1370. The van der Waals surface area contributed by atoms with Gasteiger partial charge in [0.25, 0.3) is 5.91 Å². The SMILES string of the molecule is CCCC(C[C@H]1CCC2=CC(Nc3ccc(F)cc3)=C(C=N)C[C@@]21C)NC(=O)c1cccc2[nH]ccc12. The van der Waals surface area contributed by atoms with Gasteiger partial charge in [-0.15, -0.1) is 0 Å². The molecule has 0 radical (unpaired) electrons. The van der Waals surface area contributed by atoms with Gasteiger partial charge in [0.05, 0.1) is 0 Å². The monoisotopic (exact) mass is 498 g/mol. The highest BCUT2D eigenvalue weighted by molar-refractivity contribution is 6.06. The number of allylic oxidation sites excluding steroid dienone is 3. The Balaban J connectivity index is 1.32. The molecule has 1 heterocycles. The lowest BCUT2D eigenvalue weighted by Gasteiger charge is -2.38. The standard InChI is InChI=1S/C31H35FN4O/c1-3-5-25(36-30(37)27-6-4-7-28-26(27)14-15-34-28)16-21-8-9-22-17-29(20(19-33)18-31(21,22)2)35-24-12-10-23(32)11-13-24/h4,6-7,10-15,17,19,21,25,33-35H,3,5,8-9,16,18H2,1-2H3,(H,36,37)/t21-,25?,31-/m1/s1. The van der Waals surface area contributed by atoms with Gasteiger partial charge in [-0.3, -0.25) is 4.79 Å². The number of carbonyl (C=O) groups is 1. The summed E-state index contributed by atoms with van der Waals surface area (Å²) < 4.78 is 13.4. The van der Waals surface area contributed by atoms with Crippen molar-refractivity contribution in [1.29, 1.82) is 5.41 Å². The number of hydrogen-bond acceptors (Lipinski definition) is 3. The third kappa shape index (κ3) is 4.97. The Morgan fingerprint density at radius 3 is 2.81 bits per heavy atom. The fraction of sp³-hybridized carbons (Fsp3) is 0.355. The molecule has 0 bridgehead atoms. The van der Waals surface area contributed by atoms with E-state index in [0.717, 1.165) is 66.4 Å². The predicted molar refractivity (Wildman–Crippen MR) is 148 cm³/mol. The van der Waals surface area contributed by atoms with E-state index in [-0.39, 0.29) is 23.2 Å². The van der Waals surface area contributed by atoms with Crippen LogP contribution in [0.2, 0.25) is 0 Å². The van der Waals surface area contributed by atoms with Gasteiger partial charge in [0.1, 0.15) is 5.82 Å². The van der Waals surface area contributed by atoms with Crippen LogP contribution in [0.25, 0.3) is 10.9 Å². The van der Waals surface area contributed by atoms with Gasteiger partial charge in [-0.05, 0) is 97.6 Å². The molecular weight excluding hydrogens is 463 g/mol. The zero-order chi connectivity index (χ0) is 26.0. The van der Waals surface area contributed by atoms with Crippen LogP contribution in [0.1, 0.15) is 62.7 Å². The third-order valence-corrected chi connectivity index (χ3v) is 8.30. The van der Waals surface area contributed by atoms with Crippen LogP contribution in [0.4, 0.5) is 10.1 Å². The number of rotatable bonds is 9. The van der Waals surface area contributed by atoms with Crippen molar-refractivity contribution in [3.8, 4) is 0 Å². The van der Waals surface area contributed by atoms with Gasteiger partial charge in [0.15, 0.2) is 0 Å². The zero-order valence-corrected chi connectivity index (χ0v) is 21.5. The number of aromatic nitrogens is 1. The van der Waals surface area contributed by atoms with Crippen molar-refractivity contribution in [2.75, 3.05) is 5.32 Å². The summed E-state index contributed by atoms with van der Waals surface area (Å²) in [5.41, 5.74) is 5.72. The van der Waals surface area contributed by atoms with E-state index in [1.165, 1.54) is 23.9 Å². The maximum absolute atomic E-state index is 13.4. The molecule has 1 fully saturated rings. The van der Waals surface area contributed by atoms with Crippen molar-refractivity contribution >= 4 is 28.7 Å². The Morgan fingerprint density at radius 2 is 2.05 bits per heavy atom. The lowest BCUT2D eigenvalue weighted by Crippen LogP contribution is -2.39. The average Bonchev–Trinajstić information content (AvgIpc) is 3.49. The summed E-state index contributed by atoms with van der Waals surface area (Å²) in [5, 5.41) is 15.8. The minimum atomic E-state index is -0.265. The topological polar surface area (TPSA) is 80.8 Å². The Hall–Kier alpha value is -3.67. The highest BCUT2D eigenvalue weighted by Gasteiger charge is 2.45. The van der Waals surface area contributed by atoms with E-state index in [2.05, 4.69) is 35.5 Å². The third-order valence-electron chi connectivity index (χ3n) is 8.30. The molecule has 6 heteroatoms. The van der Waals surface area contributed by atoms with Gasteiger partial charge >= 0.3 is 0 Å². The zero-order valence-electron chi connectivity index (χ0n) is 21.5. The number of aromatic amines is 1. The van der Waals surface area contributed by atoms with Gasteiger partial charge < -0.3 is 21.0 Å². The number of amides is 1. The summed E-state index contributed by atoms with van der Waals surface area (Å²) in [6.45, 7) is 4.48. The molecule has 0 spiro atoms. The van der Waals surface area contributed by atoms with Crippen molar-refractivity contribution in [3.63, 3.8) is 0 Å². The van der Waals surface area contributed by atoms with Gasteiger partial charge in [-0.25, -0.2) is 4.39 Å². The maximum atomic E-state index is 13.4. The summed E-state index contributed by atoms with van der Waals surface area (Å²) in [7, 11) is 0. The minimum Gasteiger partial charge on any atom is -0.361 e. The number of fused-ring (bicyclic) bond motifs is 2. The molecule has 1 unspecified atom stereocenters. The molecular formula is C31H35FN4O. The fourth-order valence-electron chi connectivity index (χ4n) is 6.25. The van der Waals surface area contributed by atoms with Crippen LogP contribution < -0.4 is 10.6 Å². The average molecular weight is 499 g/mol. The van der Waals surface area contributed by atoms with Crippen molar-refractivity contribution in [2.24, 2.45) is 11.3 Å². The van der Waals surface area contributed by atoms with Gasteiger partial charge in [0.2, 0.25) is 0 Å². The van der Waals surface area contributed by atoms with E-state index in [4.69, 9.17) is 5.41 Å². The lowest BCUT2D eigenvalue weighted by molar-refractivity contribution is 0.0922. The number of anilines is 1. The van der Waals surface area contributed by atoms with E-state index < -0.39 is 0 Å². The Labute approximate surface area is 217 Å². The predicted octanol–water partition coefficient (Wildman–Crippen LogP) is 7.36. The van der Waals surface area contributed by atoms with Crippen LogP contribution in [-0.4, -0.2) is 23.1 Å². The molecule has 192 valence electrons. The molecule has 3 atom stereocenters. The highest BCUT2D eigenvalue weighted by atomic mass is 19.1. The van der Waals surface area contributed by atoms with E-state index in [1.54, 1.807) is 12.1 Å². The molecule has 0 aliphatic heterocycles. The minimum absolute atomic E-state index is 0.0166. The quantitative estimate of drug-likeness (QED) is 0.233. The summed E-state index contributed by atoms with van der Waals surface area (Å²) in [4.78, 5) is 16.5. The summed E-state index contributed by atoms with van der Waals surface area (Å²) in [5.74, 6) is 0.136. The molecule has 0 saturated heterocycles. The van der Waals surface area contributed by atoms with Crippen LogP contribution >= 0.6 is 0 Å². The molecule has 3 aromatic rings. The van der Waals surface area contributed by atoms with Gasteiger partial charge in [0, 0.05) is 46.3 Å². The summed E-state index contributed by atoms with van der Waals surface area (Å²) >= 11 is 0. The molecule has 4 N–H and O–H groups in total. The highest BCUT2D eigenvalue weighted by Crippen LogP contribution is 2.55. The number of hydrogen-bond donors (Lipinski definition) is 4. The van der Waals surface area contributed by atoms with Crippen LogP contribution in [0.5, 0.6) is 0 Å². The van der Waals surface area contributed by atoms with Crippen molar-refractivity contribution in [1.82, 2.24) is 10.3 Å². The van der Waals surface area contributed by atoms with Crippen LogP contribution in [0.3, 0.4) is 0 Å². The molecule has 2 aliphatic carbocycles. The Morgan fingerprint density at radius 1 is 1.24 bits per heavy atom. The number of H-pyrrole nitrogens is 1. The van der Waals surface area contributed by atoms with E-state index in [0.29, 0.717) is 11.5 Å². The number of carbonyl (C=O) groups excluding carboxylic acids is 1. The maximum Gasteiger partial charge on any atom is 0.252 e. The van der Waals surface area contributed by atoms with E-state index in [9.17, 15) is 9.18 Å². The second-order valence-corrected chi connectivity index (χ2v) is 10.7. The summed E-state index contributed by atoms with van der Waals surface area (Å²) in [6.07, 6.45) is 11.2. The molecule has 37 heavy (non-hydrogen) atoms. The lowest BCUT2D eigenvalue weighted by atomic mass is 9.68. The first-order chi connectivity index (χ1) is 17.9.